The lowest BCUT2D eigenvalue weighted by Crippen LogP contribution is -2.47. The lowest BCUT2D eigenvalue weighted by Gasteiger charge is -2.34. The van der Waals surface area contributed by atoms with Crippen LogP contribution in [0.3, 0.4) is 0 Å². The first-order valence-electron chi connectivity index (χ1n) is 10.0. The number of fused-ring (bicyclic) bond motifs is 1. The Labute approximate surface area is 170 Å². The number of amides is 2. The number of halogens is 1. The van der Waals surface area contributed by atoms with Crippen molar-refractivity contribution in [2.45, 2.75) is 26.3 Å². The van der Waals surface area contributed by atoms with Crippen LogP contribution in [0.25, 0.3) is 0 Å². The number of hydrogen-bond acceptors (Lipinski definition) is 3. The smallest absolute Gasteiger partial charge is 0.259 e. The van der Waals surface area contributed by atoms with E-state index in [1.807, 2.05) is 37.9 Å². The Morgan fingerprint density at radius 1 is 1.07 bits per heavy atom. The van der Waals surface area contributed by atoms with Gasteiger partial charge < -0.3 is 9.80 Å². The molecule has 5 nitrogen and oxygen atoms in total. The van der Waals surface area contributed by atoms with Gasteiger partial charge in [0.1, 0.15) is 5.82 Å². The summed E-state index contributed by atoms with van der Waals surface area (Å²) in [5, 5.41) is 0. The molecule has 152 valence electrons. The second-order valence-corrected chi connectivity index (χ2v) is 8.05. The standard InChI is InChI=1S/C23H26FN3O2/c1-15-12-17-18(13-16(15)2)23(29)27(20-7-5-4-6-19(20)24)21(17)14-22(28)26-10-8-25(3)9-11-26/h4-7,12-13,21H,8-11,14H2,1-3H3. The monoisotopic (exact) mass is 395 g/mol. The van der Waals surface area contributed by atoms with Crippen LogP contribution >= 0.6 is 0 Å². The van der Waals surface area contributed by atoms with Crippen LogP contribution in [0.1, 0.15) is 39.5 Å². The second kappa shape index (κ2) is 7.59. The summed E-state index contributed by atoms with van der Waals surface area (Å²) in [4.78, 5) is 31.8. The molecule has 0 saturated carbocycles. The van der Waals surface area contributed by atoms with Crippen molar-refractivity contribution in [1.29, 1.82) is 0 Å². The first kappa shape index (κ1) is 19.6. The van der Waals surface area contributed by atoms with Crippen molar-refractivity contribution in [2.24, 2.45) is 0 Å². The summed E-state index contributed by atoms with van der Waals surface area (Å²) >= 11 is 0. The van der Waals surface area contributed by atoms with E-state index in [4.69, 9.17) is 0 Å². The van der Waals surface area contributed by atoms with E-state index in [9.17, 15) is 14.0 Å². The van der Waals surface area contributed by atoms with E-state index in [-0.39, 0.29) is 23.9 Å². The van der Waals surface area contributed by atoms with Gasteiger partial charge in [-0.3, -0.25) is 14.5 Å². The minimum atomic E-state index is -0.499. The molecular weight excluding hydrogens is 369 g/mol. The van der Waals surface area contributed by atoms with E-state index in [0.29, 0.717) is 18.7 Å². The molecule has 2 aliphatic heterocycles. The zero-order valence-corrected chi connectivity index (χ0v) is 17.1. The van der Waals surface area contributed by atoms with Gasteiger partial charge in [0, 0.05) is 31.7 Å². The van der Waals surface area contributed by atoms with Gasteiger partial charge in [-0.2, -0.15) is 0 Å². The van der Waals surface area contributed by atoms with Gasteiger partial charge >= 0.3 is 0 Å². The van der Waals surface area contributed by atoms with E-state index in [1.165, 1.54) is 11.0 Å². The van der Waals surface area contributed by atoms with Gasteiger partial charge in [0.2, 0.25) is 5.91 Å². The van der Waals surface area contributed by atoms with E-state index >= 15 is 0 Å². The second-order valence-electron chi connectivity index (χ2n) is 8.05. The molecule has 0 aliphatic carbocycles. The maximum atomic E-state index is 14.6. The Hall–Kier alpha value is -2.73. The summed E-state index contributed by atoms with van der Waals surface area (Å²) in [6, 6.07) is 9.61. The van der Waals surface area contributed by atoms with Gasteiger partial charge in [-0.05, 0) is 55.8 Å². The predicted molar refractivity (Wildman–Crippen MR) is 111 cm³/mol. The van der Waals surface area contributed by atoms with Crippen LogP contribution in [0.2, 0.25) is 0 Å². The molecule has 2 heterocycles. The molecule has 0 bridgehead atoms. The average Bonchev–Trinajstić information content (AvgIpc) is 2.94. The molecule has 6 heteroatoms. The van der Waals surface area contributed by atoms with E-state index in [1.54, 1.807) is 18.2 Å². The number of carbonyl (C=O) groups excluding carboxylic acids is 2. The maximum absolute atomic E-state index is 14.6. The first-order valence-corrected chi connectivity index (χ1v) is 10.0. The van der Waals surface area contributed by atoms with Crippen molar-refractivity contribution in [3.05, 3.63) is 64.5 Å². The summed E-state index contributed by atoms with van der Waals surface area (Å²) in [6.07, 6.45) is 0.152. The normalized spacial score (nSPS) is 19.6. The Kier molecular flexibility index (Phi) is 5.13. The average molecular weight is 395 g/mol. The van der Waals surface area contributed by atoms with Gasteiger partial charge in [-0.1, -0.05) is 18.2 Å². The quantitative estimate of drug-likeness (QED) is 0.801. The van der Waals surface area contributed by atoms with Crippen molar-refractivity contribution in [3.8, 4) is 0 Å². The predicted octanol–water partition coefficient (Wildman–Crippen LogP) is 3.31. The molecule has 1 saturated heterocycles. The summed E-state index contributed by atoms with van der Waals surface area (Å²) < 4.78 is 14.6. The first-order chi connectivity index (χ1) is 13.9. The Balaban J connectivity index is 1.71. The number of para-hydroxylation sites is 1. The van der Waals surface area contributed by atoms with Crippen molar-refractivity contribution in [1.82, 2.24) is 9.80 Å². The maximum Gasteiger partial charge on any atom is 0.259 e. The molecule has 2 amide bonds. The molecule has 0 N–H and O–H groups in total. The van der Waals surface area contributed by atoms with Gasteiger partial charge in [-0.25, -0.2) is 4.39 Å². The number of hydrogen-bond donors (Lipinski definition) is 0. The van der Waals surface area contributed by atoms with Crippen LogP contribution in [0.5, 0.6) is 0 Å². The van der Waals surface area contributed by atoms with Gasteiger partial charge in [0.15, 0.2) is 0 Å². The fourth-order valence-corrected chi connectivity index (χ4v) is 4.19. The molecule has 0 aromatic heterocycles. The molecule has 29 heavy (non-hydrogen) atoms. The van der Waals surface area contributed by atoms with Crippen LogP contribution in [0.15, 0.2) is 36.4 Å². The number of aryl methyl sites for hydroxylation is 2. The zero-order valence-electron chi connectivity index (χ0n) is 17.1. The largest absolute Gasteiger partial charge is 0.340 e. The molecular formula is C23H26FN3O2. The molecule has 2 aliphatic rings. The number of rotatable bonds is 3. The summed E-state index contributed by atoms with van der Waals surface area (Å²) in [7, 11) is 2.04. The lowest BCUT2D eigenvalue weighted by atomic mass is 9.96. The number of nitrogens with zero attached hydrogens (tertiary/aromatic N) is 3. The number of anilines is 1. The van der Waals surface area contributed by atoms with Gasteiger partial charge in [-0.15, -0.1) is 0 Å². The highest BCUT2D eigenvalue weighted by Gasteiger charge is 2.41. The number of piperazine rings is 1. The zero-order chi connectivity index (χ0) is 20.7. The summed E-state index contributed by atoms with van der Waals surface area (Å²) in [6.45, 7) is 6.97. The number of carbonyl (C=O) groups is 2. The lowest BCUT2D eigenvalue weighted by molar-refractivity contribution is -0.133. The van der Waals surface area contributed by atoms with Crippen molar-refractivity contribution < 1.29 is 14.0 Å². The molecule has 4 rings (SSSR count). The third-order valence-corrected chi connectivity index (χ3v) is 6.12. The van der Waals surface area contributed by atoms with Crippen molar-refractivity contribution >= 4 is 17.5 Å². The topological polar surface area (TPSA) is 43.9 Å². The van der Waals surface area contributed by atoms with Crippen LogP contribution in [0, 0.1) is 19.7 Å². The highest BCUT2D eigenvalue weighted by Crippen LogP contribution is 2.41. The fraction of sp³-hybridized carbons (Fsp3) is 0.391. The van der Waals surface area contributed by atoms with E-state index < -0.39 is 11.9 Å². The summed E-state index contributed by atoms with van der Waals surface area (Å²) in [5.41, 5.74) is 3.66. The molecule has 0 radical (unpaired) electrons. The third kappa shape index (κ3) is 3.53. The van der Waals surface area contributed by atoms with Crippen LogP contribution < -0.4 is 4.90 Å². The Morgan fingerprint density at radius 3 is 2.41 bits per heavy atom. The Bertz CT molecular complexity index is 967. The minimum absolute atomic E-state index is 0.00307. The van der Waals surface area contributed by atoms with Crippen LogP contribution in [-0.2, 0) is 4.79 Å². The van der Waals surface area contributed by atoms with Gasteiger partial charge in [0.25, 0.3) is 5.91 Å². The third-order valence-electron chi connectivity index (χ3n) is 6.12. The van der Waals surface area contributed by atoms with Crippen LogP contribution in [-0.4, -0.2) is 54.8 Å². The van der Waals surface area contributed by atoms with Crippen LogP contribution in [0.4, 0.5) is 10.1 Å². The van der Waals surface area contributed by atoms with Gasteiger partial charge in [0.05, 0.1) is 18.2 Å². The molecule has 1 atom stereocenters. The molecule has 2 aromatic rings. The van der Waals surface area contributed by atoms with Crippen molar-refractivity contribution in [2.75, 3.05) is 38.1 Å². The number of benzene rings is 2. The minimum Gasteiger partial charge on any atom is -0.340 e. The fourth-order valence-electron chi connectivity index (χ4n) is 4.19. The highest BCUT2D eigenvalue weighted by atomic mass is 19.1. The Morgan fingerprint density at radius 2 is 1.72 bits per heavy atom. The van der Waals surface area contributed by atoms with E-state index in [2.05, 4.69) is 4.90 Å². The molecule has 1 fully saturated rings. The highest BCUT2D eigenvalue weighted by molar-refractivity contribution is 6.11. The van der Waals surface area contributed by atoms with E-state index in [0.717, 1.165) is 29.8 Å². The molecule has 2 aromatic carbocycles. The number of likely N-dealkylation sites (N-methyl/N-ethyl adjacent to an activating group) is 1. The van der Waals surface area contributed by atoms with Crippen molar-refractivity contribution in [3.63, 3.8) is 0 Å². The SMILES string of the molecule is Cc1cc2c(cc1C)C(CC(=O)N1CCN(C)CC1)N(c1ccccc1F)C2=O. The summed E-state index contributed by atoms with van der Waals surface area (Å²) in [5.74, 6) is -0.702. The molecule has 0 spiro atoms. The molecule has 1 unspecified atom stereocenters.